The molecule has 0 spiro atoms. The molecule has 7 nitrogen and oxygen atoms in total. The van der Waals surface area contributed by atoms with Crippen molar-refractivity contribution in [3.8, 4) is 0 Å². The quantitative estimate of drug-likeness (QED) is 0.549. The van der Waals surface area contributed by atoms with Gasteiger partial charge in [-0.05, 0) is 43.5 Å². The minimum absolute atomic E-state index is 0.0147. The van der Waals surface area contributed by atoms with Gasteiger partial charge in [0.1, 0.15) is 5.78 Å². The molecular formula is C21H23F3N4O3. The van der Waals surface area contributed by atoms with E-state index in [1.807, 2.05) is 6.92 Å². The summed E-state index contributed by atoms with van der Waals surface area (Å²) in [5.74, 6) is -6.80. The standard InChI is InChI=1S/C21H23F3N4O3/c1-3-16(17-4-6-25-27-17)26-20(30)21(31)28-7-5-13(11(28)2)18(29)10-12-8-14(22)19(24)15(23)9-12/h4,8-9,11,13,16H,3,5-7,10H2,1-2H3,(H,26,30)/t11-,13-,16-/m0/s1. The molecule has 0 bridgehead atoms. The summed E-state index contributed by atoms with van der Waals surface area (Å²) in [5.41, 5.74) is 0.617. The highest BCUT2D eigenvalue weighted by Crippen LogP contribution is 2.27. The first-order valence-corrected chi connectivity index (χ1v) is 10.1. The molecule has 1 saturated heterocycles. The molecular weight excluding hydrogens is 413 g/mol. The van der Waals surface area contributed by atoms with E-state index in [0.29, 0.717) is 25.1 Å². The zero-order valence-corrected chi connectivity index (χ0v) is 17.2. The van der Waals surface area contributed by atoms with E-state index in [4.69, 9.17) is 0 Å². The Bertz CT molecular complexity index is 940. The Morgan fingerprint density at radius 2 is 1.90 bits per heavy atom. The number of ketones is 1. The van der Waals surface area contributed by atoms with Crippen molar-refractivity contribution in [1.29, 1.82) is 0 Å². The number of carbonyl (C=O) groups is 3. The first-order valence-electron chi connectivity index (χ1n) is 10.1. The Morgan fingerprint density at radius 1 is 1.23 bits per heavy atom. The van der Waals surface area contributed by atoms with Crippen molar-refractivity contribution in [3.05, 3.63) is 46.9 Å². The van der Waals surface area contributed by atoms with Crippen LogP contribution >= 0.6 is 0 Å². The number of nitrogens with one attached hydrogen (secondary N) is 1. The maximum Gasteiger partial charge on any atom is 0.312 e. The van der Waals surface area contributed by atoms with Crippen molar-refractivity contribution in [2.24, 2.45) is 16.1 Å². The van der Waals surface area contributed by atoms with Gasteiger partial charge in [-0.15, -0.1) is 0 Å². The van der Waals surface area contributed by atoms with E-state index in [1.165, 1.54) is 4.90 Å². The Balaban J connectivity index is 1.62. The molecule has 1 aromatic carbocycles. The van der Waals surface area contributed by atoms with Crippen LogP contribution in [-0.4, -0.2) is 47.7 Å². The predicted octanol–water partition coefficient (Wildman–Crippen LogP) is 2.70. The van der Waals surface area contributed by atoms with Crippen molar-refractivity contribution in [3.63, 3.8) is 0 Å². The first kappa shape index (κ1) is 22.6. The highest BCUT2D eigenvalue weighted by Gasteiger charge is 2.40. The minimum atomic E-state index is -1.59. The number of benzene rings is 1. The van der Waals surface area contributed by atoms with Crippen LogP contribution in [-0.2, 0) is 20.8 Å². The van der Waals surface area contributed by atoms with Gasteiger partial charge in [0.2, 0.25) is 0 Å². The second kappa shape index (κ2) is 9.40. The SMILES string of the molecule is CC[C@H](NC(=O)C(=O)N1CC[C@H](C(=O)Cc2cc(F)c(F)c(F)c2)[C@@H]1C)C1=CCN=N1. The number of likely N-dealkylation sites (tertiary alicyclic amines) is 1. The Labute approximate surface area is 177 Å². The number of Topliss-reactive ketones (excluding diaryl/α,β-unsaturated/α-hetero) is 1. The van der Waals surface area contributed by atoms with Gasteiger partial charge >= 0.3 is 11.8 Å². The molecule has 2 heterocycles. The fraction of sp³-hybridized carbons (Fsp3) is 0.476. The lowest BCUT2D eigenvalue weighted by Crippen LogP contribution is -2.48. The van der Waals surface area contributed by atoms with Gasteiger partial charge in [0.05, 0.1) is 18.3 Å². The number of nitrogens with zero attached hydrogens (tertiary/aromatic N) is 3. The molecule has 31 heavy (non-hydrogen) atoms. The molecule has 0 radical (unpaired) electrons. The van der Waals surface area contributed by atoms with Gasteiger partial charge in [-0.2, -0.15) is 10.2 Å². The van der Waals surface area contributed by atoms with Crippen LogP contribution in [0.15, 0.2) is 34.1 Å². The zero-order valence-electron chi connectivity index (χ0n) is 17.2. The predicted molar refractivity (Wildman–Crippen MR) is 104 cm³/mol. The summed E-state index contributed by atoms with van der Waals surface area (Å²) in [6.45, 7) is 4.13. The number of carbonyl (C=O) groups excluding carboxylic acids is 3. The Morgan fingerprint density at radius 3 is 2.48 bits per heavy atom. The minimum Gasteiger partial charge on any atom is -0.339 e. The summed E-state index contributed by atoms with van der Waals surface area (Å²) in [6.07, 6.45) is 2.33. The molecule has 10 heteroatoms. The lowest BCUT2D eigenvalue weighted by molar-refractivity contribution is -0.147. The maximum absolute atomic E-state index is 13.4. The van der Waals surface area contributed by atoms with Gasteiger partial charge in [0.25, 0.3) is 0 Å². The lowest BCUT2D eigenvalue weighted by atomic mass is 9.92. The third-order valence-electron chi connectivity index (χ3n) is 5.68. The van der Waals surface area contributed by atoms with E-state index < -0.39 is 47.3 Å². The van der Waals surface area contributed by atoms with E-state index in [-0.39, 0.29) is 24.3 Å². The van der Waals surface area contributed by atoms with Gasteiger partial charge < -0.3 is 10.2 Å². The molecule has 1 N–H and O–H groups in total. The maximum atomic E-state index is 13.4. The highest BCUT2D eigenvalue weighted by molar-refractivity contribution is 6.35. The summed E-state index contributed by atoms with van der Waals surface area (Å²) < 4.78 is 39.9. The molecule has 0 aromatic heterocycles. The summed E-state index contributed by atoms with van der Waals surface area (Å²) in [6, 6.07) is 0.575. The highest BCUT2D eigenvalue weighted by atomic mass is 19.2. The molecule has 3 rings (SSSR count). The van der Waals surface area contributed by atoms with E-state index >= 15 is 0 Å². The van der Waals surface area contributed by atoms with Gasteiger partial charge in [0.15, 0.2) is 17.5 Å². The van der Waals surface area contributed by atoms with Gasteiger partial charge in [-0.1, -0.05) is 6.92 Å². The van der Waals surface area contributed by atoms with Crippen LogP contribution in [0, 0.1) is 23.4 Å². The fourth-order valence-electron chi connectivity index (χ4n) is 3.94. The van der Waals surface area contributed by atoms with Crippen LogP contribution in [0.25, 0.3) is 0 Å². The zero-order chi connectivity index (χ0) is 22.7. The normalized spacial score (nSPS) is 21.2. The third kappa shape index (κ3) is 4.83. The Hall–Kier alpha value is -3.04. The van der Waals surface area contributed by atoms with Gasteiger partial charge in [-0.3, -0.25) is 14.4 Å². The second-order valence-electron chi connectivity index (χ2n) is 7.64. The monoisotopic (exact) mass is 436 g/mol. The topological polar surface area (TPSA) is 91.2 Å². The summed E-state index contributed by atoms with van der Waals surface area (Å²) in [4.78, 5) is 39.1. The average Bonchev–Trinajstić information content (AvgIpc) is 3.39. The van der Waals surface area contributed by atoms with E-state index in [2.05, 4.69) is 15.5 Å². The number of halogens is 3. The smallest absolute Gasteiger partial charge is 0.312 e. The van der Waals surface area contributed by atoms with Crippen LogP contribution in [0.3, 0.4) is 0 Å². The van der Waals surface area contributed by atoms with Crippen molar-refractivity contribution in [1.82, 2.24) is 10.2 Å². The Kier molecular flexibility index (Phi) is 6.87. The number of rotatable bonds is 6. The van der Waals surface area contributed by atoms with Crippen LogP contribution in [0.4, 0.5) is 13.2 Å². The molecule has 0 aliphatic carbocycles. The molecule has 1 fully saturated rings. The fourth-order valence-corrected chi connectivity index (χ4v) is 3.94. The van der Waals surface area contributed by atoms with E-state index in [1.54, 1.807) is 13.0 Å². The number of hydrogen-bond acceptors (Lipinski definition) is 5. The first-order chi connectivity index (χ1) is 14.7. The summed E-state index contributed by atoms with van der Waals surface area (Å²) in [7, 11) is 0. The van der Waals surface area contributed by atoms with Gasteiger partial charge in [0, 0.05) is 24.9 Å². The lowest BCUT2D eigenvalue weighted by Gasteiger charge is -2.25. The molecule has 0 saturated carbocycles. The molecule has 2 amide bonds. The van der Waals surface area contributed by atoms with Crippen LogP contribution in [0.2, 0.25) is 0 Å². The van der Waals surface area contributed by atoms with Crippen molar-refractivity contribution in [2.45, 2.75) is 45.2 Å². The van der Waals surface area contributed by atoms with Crippen LogP contribution < -0.4 is 5.32 Å². The van der Waals surface area contributed by atoms with Crippen molar-refractivity contribution >= 4 is 17.6 Å². The number of azo groups is 1. The van der Waals surface area contributed by atoms with Gasteiger partial charge in [-0.25, -0.2) is 13.2 Å². The molecule has 166 valence electrons. The molecule has 2 aliphatic heterocycles. The molecule has 2 aliphatic rings. The molecule has 1 aromatic rings. The van der Waals surface area contributed by atoms with E-state index in [0.717, 1.165) is 12.1 Å². The van der Waals surface area contributed by atoms with Crippen LogP contribution in [0.1, 0.15) is 32.3 Å². The van der Waals surface area contributed by atoms with Crippen LogP contribution in [0.5, 0.6) is 0 Å². The summed E-state index contributed by atoms with van der Waals surface area (Å²) in [5, 5.41) is 10.4. The third-order valence-corrected chi connectivity index (χ3v) is 5.68. The largest absolute Gasteiger partial charge is 0.339 e. The molecule has 3 atom stereocenters. The van der Waals surface area contributed by atoms with Crippen molar-refractivity contribution in [2.75, 3.05) is 13.1 Å². The summed E-state index contributed by atoms with van der Waals surface area (Å²) >= 11 is 0. The average molecular weight is 436 g/mol. The second-order valence-corrected chi connectivity index (χ2v) is 7.64. The number of amides is 2. The number of hydrogen-bond donors (Lipinski definition) is 1. The molecule has 0 unspecified atom stereocenters. The van der Waals surface area contributed by atoms with Crippen molar-refractivity contribution < 1.29 is 27.6 Å². The van der Waals surface area contributed by atoms with E-state index in [9.17, 15) is 27.6 Å².